The van der Waals surface area contributed by atoms with Crippen molar-refractivity contribution in [2.24, 2.45) is 0 Å². The number of rotatable bonds is 3. The number of fused-ring (bicyclic) bond motifs is 18. The number of ether oxygens (including phenoxy) is 1. The highest BCUT2D eigenvalue weighted by Crippen LogP contribution is 2.62. The van der Waals surface area contributed by atoms with E-state index in [0.717, 1.165) is 67.0 Å². The standard InChI is InChI=1S/C61H36N2O2/c1-5-20-49-41(14-1)47-35-38(29-32-50(47)61(49)51-21-6-11-26-58(51)64-59-27-12-7-22-52(59)61)62-54-24-9-3-16-43(54)48-36-39(30-33-55(48)62)63-53-23-8-2-15-42(53)44-31-28-37(34-56(44)63)40-18-13-19-46-45-17-4-10-25-57(45)65-60(40)46/h1-36H. The Labute approximate surface area is 373 Å². The van der Waals surface area contributed by atoms with Crippen molar-refractivity contribution in [3.63, 3.8) is 0 Å². The van der Waals surface area contributed by atoms with Gasteiger partial charge in [-0.15, -0.1) is 0 Å². The van der Waals surface area contributed by atoms with Gasteiger partial charge in [0.2, 0.25) is 0 Å². The molecule has 10 aromatic carbocycles. The van der Waals surface area contributed by atoms with Gasteiger partial charge in [0.15, 0.2) is 0 Å². The van der Waals surface area contributed by atoms with Crippen LogP contribution in [0.5, 0.6) is 11.5 Å². The molecule has 1 spiro atoms. The van der Waals surface area contributed by atoms with Crippen LogP contribution in [0.25, 0.3) is 99.2 Å². The summed E-state index contributed by atoms with van der Waals surface area (Å²) in [6, 6.07) is 79.5. The highest BCUT2D eigenvalue weighted by atomic mass is 16.5. The Morgan fingerprint density at radius 2 is 0.877 bits per heavy atom. The second-order valence-electron chi connectivity index (χ2n) is 17.5. The van der Waals surface area contributed by atoms with Gasteiger partial charge in [-0.1, -0.05) is 152 Å². The molecular weight excluding hydrogens is 793 g/mol. The first-order valence-electron chi connectivity index (χ1n) is 22.3. The van der Waals surface area contributed by atoms with E-state index in [1.54, 1.807) is 0 Å². The summed E-state index contributed by atoms with van der Waals surface area (Å²) in [4.78, 5) is 0. The fraction of sp³-hybridized carbons (Fsp3) is 0.0164. The Morgan fingerprint density at radius 1 is 0.323 bits per heavy atom. The van der Waals surface area contributed by atoms with Crippen molar-refractivity contribution in [2.75, 3.05) is 0 Å². The lowest BCUT2D eigenvalue weighted by molar-refractivity contribution is 0.436. The van der Waals surface area contributed by atoms with E-state index in [-0.39, 0.29) is 0 Å². The number of furan rings is 1. The molecule has 15 rings (SSSR count). The molecule has 0 unspecified atom stereocenters. The highest BCUT2D eigenvalue weighted by molar-refractivity contribution is 6.14. The van der Waals surface area contributed by atoms with Gasteiger partial charge in [-0.05, 0) is 94.5 Å². The molecule has 0 radical (unpaired) electrons. The SMILES string of the molecule is c1ccc2c(c1)Oc1ccccc1C21c2ccccc2-c2cc(-n3c4ccccc4c4cc(-n5c6ccccc6c6ccc(-c7cccc8c7oc7ccccc78)cc65)ccc43)ccc21. The molecule has 65 heavy (non-hydrogen) atoms. The van der Waals surface area contributed by atoms with Gasteiger partial charge >= 0.3 is 0 Å². The van der Waals surface area contributed by atoms with Crippen LogP contribution in [-0.2, 0) is 5.41 Å². The lowest BCUT2D eigenvalue weighted by atomic mass is 9.66. The van der Waals surface area contributed by atoms with Crippen LogP contribution >= 0.6 is 0 Å². The van der Waals surface area contributed by atoms with E-state index >= 15 is 0 Å². The maximum absolute atomic E-state index is 6.60. The quantitative estimate of drug-likeness (QED) is 0.178. The summed E-state index contributed by atoms with van der Waals surface area (Å²) in [7, 11) is 0. The van der Waals surface area contributed by atoms with Crippen LogP contribution < -0.4 is 4.74 Å². The average molecular weight is 829 g/mol. The van der Waals surface area contributed by atoms with Gasteiger partial charge in [0.1, 0.15) is 22.7 Å². The zero-order valence-corrected chi connectivity index (χ0v) is 35.0. The number of aromatic nitrogens is 2. The second kappa shape index (κ2) is 12.7. The minimum absolute atomic E-state index is 0.508. The molecule has 0 saturated heterocycles. The van der Waals surface area contributed by atoms with Gasteiger partial charge in [-0.25, -0.2) is 0 Å². The van der Waals surface area contributed by atoms with E-state index in [1.165, 1.54) is 66.0 Å². The lowest BCUT2D eigenvalue weighted by Crippen LogP contribution is -2.32. The Bertz CT molecular complexity index is 4130. The van der Waals surface area contributed by atoms with Crippen molar-refractivity contribution in [3.05, 3.63) is 241 Å². The van der Waals surface area contributed by atoms with E-state index in [4.69, 9.17) is 9.15 Å². The van der Waals surface area contributed by atoms with Crippen molar-refractivity contribution in [2.45, 2.75) is 5.41 Å². The van der Waals surface area contributed by atoms with Crippen LogP contribution in [0, 0.1) is 0 Å². The number of nitrogens with zero attached hydrogens (tertiary/aromatic N) is 2. The summed E-state index contributed by atoms with van der Waals surface area (Å²) >= 11 is 0. The zero-order valence-electron chi connectivity index (χ0n) is 35.0. The molecule has 1 aliphatic heterocycles. The molecule has 0 N–H and O–H groups in total. The van der Waals surface area contributed by atoms with Crippen molar-refractivity contribution < 1.29 is 9.15 Å². The van der Waals surface area contributed by atoms with Gasteiger partial charge in [-0.2, -0.15) is 0 Å². The number of hydrogen-bond acceptors (Lipinski definition) is 2. The van der Waals surface area contributed by atoms with Crippen LogP contribution in [0.15, 0.2) is 223 Å². The number of hydrogen-bond donors (Lipinski definition) is 0. The molecule has 4 heterocycles. The van der Waals surface area contributed by atoms with Crippen molar-refractivity contribution in [1.82, 2.24) is 9.13 Å². The molecule has 0 amide bonds. The largest absolute Gasteiger partial charge is 0.457 e. The minimum Gasteiger partial charge on any atom is -0.457 e. The van der Waals surface area contributed by atoms with Crippen LogP contribution in [0.1, 0.15) is 22.3 Å². The van der Waals surface area contributed by atoms with E-state index in [2.05, 4.69) is 221 Å². The third kappa shape index (κ3) is 4.55. The fourth-order valence-corrected chi connectivity index (χ4v) is 11.8. The predicted octanol–water partition coefficient (Wildman–Crippen LogP) is 15.9. The summed E-state index contributed by atoms with van der Waals surface area (Å²) in [5, 5.41) is 7.13. The first-order chi connectivity index (χ1) is 32.2. The first kappa shape index (κ1) is 34.9. The molecule has 2 aliphatic rings. The van der Waals surface area contributed by atoms with Crippen LogP contribution in [0.4, 0.5) is 0 Å². The molecule has 0 atom stereocenters. The van der Waals surface area contributed by atoms with Gasteiger partial charge in [-0.3, -0.25) is 0 Å². The normalized spacial score (nSPS) is 13.5. The van der Waals surface area contributed by atoms with Crippen molar-refractivity contribution >= 4 is 65.6 Å². The maximum atomic E-state index is 6.60. The average Bonchev–Trinajstić information content (AvgIpc) is 4.09. The molecular formula is C61H36N2O2. The smallest absolute Gasteiger partial charge is 0.143 e. The third-order valence-corrected chi connectivity index (χ3v) is 14.4. The lowest BCUT2D eigenvalue weighted by Gasteiger charge is -2.39. The topological polar surface area (TPSA) is 32.2 Å². The second-order valence-corrected chi connectivity index (χ2v) is 17.5. The predicted molar refractivity (Wildman–Crippen MR) is 265 cm³/mol. The van der Waals surface area contributed by atoms with E-state index in [0.29, 0.717) is 0 Å². The highest BCUT2D eigenvalue weighted by Gasteiger charge is 2.51. The fourth-order valence-electron chi connectivity index (χ4n) is 11.8. The Morgan fingerprint density at radius 3 is 1.68 bits per heavy atom. The summed E-state index contributed by atoms with van der Waals surface area (Å²) in [5.41, 5.74) is 17.8. The Balaban J connectivity index is 0.936. The Kier molecular flexibility index (Phi) is 6.85. The summed E-state index contributed by atoms with van der Waals surface area (Å²) in [6.45, 7) is 0. The number of benzene rings is 10. The minimum atomic E-state index is -0.508. The molecule has 4 heteroatoms. The number of para-hydroxylation sites is 6. The summed E-state index contributed by atoms with van der Waals surface area (Å²) in [6.07, 6.45) is 0. The zero-order chi connectivity index (χ0) is 42.4. The Hall–Kier alpha value is -8.60. The summed E-state index contributed by atoms with van der Waals surface area (Å²) < 4.78 is 18.0. The first-order valence-corrected chi connectivity index (χ1v) is 22.3. The molecule has 3 aromatic heterocycles. The molecule has 0 saturated carbocycles. The molecule has 13 aromatic rings. The van der Waals surface area contributed by atoms with Gasteiger partial charge < -0.3 is 18.3 Å². The van der Waals surface area contributed by atoms with Crippen LogP contribution in [0.3, 0.4) is 0 Å². The maximum Gasteiger partial charge on any atom is 0.143 e. The van der Waals surface area contributed by atoms with E-state index in [9.17, 15) is 0 Å². The molecule has 302 valence electrons. The van der Waals surface area contributed by atoms with Crippen molar-refractivity contribution in [3.8, 4) is 45.1 Å². The van der Waals surface area contributed by atoms with Gasteiger partial charge in [0.05, 0.1) is 27.5 Å². The van der Waals surface area contributed by atoms with Crippen molar-refractivity contribution in [1.29, 1.82) is 0 Å². The molecule has 1 aliphatic carbocycles. The molecule has 0 fully saturated rings. The van der Waals surface area contributed by atoms with E-state index < -0.39 is 5.41 Å². The van der Waals surface area contributed by atoms with Gasteiger partial charge in [0.25, 0.3) is 0 Å². The van der Waals surface area contributed by atoms with E-state index in [1.807, 2.05) is 6.07 Å². The molecule has 4 nitrogen and oxygen atoms in total. The molecule has 0 bridgehead atoms. The summed E-state index contributed by atoms with van der Waals surface area (Å²) in [5.74, 6) is 1.80. The van der Waals surface area contributed by atoms with Crippen LogP contribution in [-0.4, -0.2) is 9.13 Å². The van der Waals surface area contributed by atoms with Gasteiger partial charge in [0, 0.05) is 60.4 Å². The van der Waals surface area contributed by atoms with Crippen LogP contribution in [0.2, 0.25) is 0 Å². The third-order valence-electron chi connectivity index (χ3n) is 14.4. The monoisotopic (exact) mass is 828 g/mol.